The summed E-state index contributed by atoms with van der Waals surface area (Å²) in [4.78, 5) is 22.4. The molecular formula is C20H11Cl2N3O4. The molecule has 0 saturated carbocycles. The first-order chi connectivity index (χ1) is 13.9. The highest BCUT2D eigenvalue weighted by Crippen LogP contribution is 2.30. The van der Waals surface area contributed by atoms with Crippen molar-refractivity contribution in [3.8, 4) is 17.4 Å². The number of carbonyl (C=O) groups excluding carboxylic acids is 1. The molecule has 0 aliphatic rings. The maximum absolute atomic E-state index is 12.3. The van der Waals surface area contributed by atoms with Gasteiger partial charge in [0.05, 0.1) is 15.0 Å². The number of halogens is 2. The number of nitrogens with one attached hydrogen (secondary N) is 1. The number of carbonyl (C=O) groups is 1. The van der Waals surface area contributed by atoms with Crippen LogP contribution in [0.4, 0.5) is 11.4 Å². The summed E-state index contributed by atoms with van der Waals surface area (Å²) in [6.07, 6.45) is 1.29. The molecule has 0 unspecified atom stereocenters. The number of rotatable bonds is 5. The number of non-ortho nitro benzene ring substituents is 1. The third-order valence-corrected chi connectivity index (χ3v) is 4.56. The fourth-order valence-corrected chi connectivity index (χ4v) is 2.69. The number of hydrogen-bond acceptors (Lipinski definition) is 5. The van der Waals surface area contributed by atoms with Gasteiger partial charge in [-0.25, -0.2) is 0 Å². The van der Waals surface area contributed by atoms with Gasteiger partial charge >= 0.3 is 0 Å². The lowest BCUT2D eigenvalue weighted by Gasteiger charge is -2.03. The van der Waals surface area contributed by atoms with Gasteiger partial charge in [-0.1, -0.05) is 23.2 Å². The lowest BCUT2D eigenvalue weighted by Crippen LogP contribution is -2.13. The Bertz CT molecular complexity index is 1160. The largest absolute Gasteiger partial charge is 0.457 e. The van der Waals surface area contributed by atoms with Gasteiger partial charge in [0.1, 0.15) is 23.2 Å². The van der Waals surface area contributed by atoms with Crippen molar-refractivity contribution in [2.24, 2.45) is 0 Å². The summed E-state index contributed by atoms with van der Waals surface area (Å²) >= 11 is 11.9. The van der Waals surface area contributed by atoms with Gasteiger partial charge in [0.2, 0.25) is 0 Å². The third-order valence-electron chi connectivity index (χ3n) is 3.82. The summed E-state index contributed by atoms with van der Waals surface area (Å²) in [6.45, 7) is 0. The Morgan fingerprint density at radius 2 is 1.83 bits per heavy atom. The zero-order valence-electron chi connectivity index (χ0n) is 14.6. The standard InChI is InChI=1S/C20H11Cl2N3O4/c21-17-7-1-12(10-18(17)22)19-8-6-16(29-19)9-13(11-23)20(26)24-14-2-4-15(5-3-14)25(27)28/h1-10H,(H,24,26). The highest BCUT2D eigenvalue weighted by atomic mass is 35.5. The smallest absolute Gasteiger partial charge is 0.269 e. The second-order valence-electron chi connectivity index (χ2n) is 5.76. The van der Waals surface area contributed by atoms with Gasteiger partial charge in [-0.05, 0) is 42.5 Å². The van der Waals surface area contributed by atoms with Crippen LogP contribution in [0.25, 0.3) is 17.4 Å². The molecule has 0 spiro atoms. The minimum absolute atomic E-state index is 0.107. The molecule has 1 N–H and O–H groups in total. The number of nitro groups is 1. The number of furan rings is 1. The molecule has 2 aromatic carbocycles. The average molecular weight is 428 g/mol. The Hall–Kier alpha value is -3.60. The minimum Gasteiger partial charge on any atom is -0.457 e. The van der Waals surface area contributed by atoms with Crippen molar-refractivity contribution in [3.05, 3.63) is 86.1 Å². The van der Waals surface area contributed by atoms with E-state index in [0.717, 1.165) is 0 Å². The predicted octanol–water partition coefficient (Wildman–Crippen LogP) is 5.71. The van der Waals surface area contributed by atoms with Crippen LogP contribution < -0.4 is 5.32 Å². The average Bonchev–Trinajstić information content (AvgIpc) is 3.17. The normalized spacial score (nSPS) is 11.0. The summed E-state index contributed by atoms with van der Waals surface area (Å²) in [5, 5.41) is 23.3. The van der Waals surface area contributed by atoms with Crippen molar-refractivity contribution in [3.63, 3.8) is 0 Å². The van der Waals surface area contributed by atoms with E-state index < -0.39 is 10.8 Å². The van der Waals surface area contributed by atoms with E-state index in [2.05, 4.69) is 5.32 Å². The molecule has 9 heteroatoms. The van der Waals surface area contributed by atoms with Gasteiger partial charge in [-0.15, -0.1) is 0 Å². The Morgan fingerprint density at radius 3 is 2.45 bits per heavy atom. The molecule has 0 aliphatic heterocycles. The van der Waals surface area contributed by atoms with Crippen LogP contribution in [0.2, 0.25) is 10.0 Å². The Balaban J connectivity index is 1.78. The third kappa shape index (κ3) is 4.82. The van der Waals surface area contributed by atoms with Crippen LogP contribution in [0.15, 0.2) is 64.6 Å². The van der Waals surface area contributed by atoms with Gasteiger partial charge in [0.15, 0.2) is 0 Å². The van der Waals surface area contributed by atoms with Crippen molar-refractivity contribution in [1.29, 1.82) is 5.26 Å². The van der Waals surface area contributed by atoms with E-state index >= 15 is 0 Å². The van der Waals surface area contributed by atoms with E-state index in [-0.39, 0.29) is 11.3 Å². The fourth-order valence-electron chi connectivity index (χ4n) is 2.39. The number of nitro benzene ring substituents is 1. The van der Waals surface area contributed by atoms with Crippen LogP contribution in [0.5, 0.6) is 0 Å². The van der Waals surface area contributed by atoms with E-state index in [4.69, 9.17) is 27.6 Å². The lowest BCUT2D eigenvalue weighted by atomic mass is 10.2. The van der Waals surface area contributed by atoms with E-state index in [1.165, 1.54) is 30.3 Å². The van der Waals surface area contributed by atoms with E-state index in [0.29, 0.717) is 32.8 Å². The monoisotopic (exact) mass is 427 g/mol. The summed E-state index contributed by atoms with van der Waals surface area (Å²) < 4.78 is 5.66. The lowest BCUT2D eigenvalue weighted by molar-refractivity contribution is -0.384. The molecule has 0 fully saturated rings. The van der Waals surface area contributed by atoms with Crippen molar-refractivity contribution in [1.82, 2.24) is 0 Å². The van der Waals surface area contributed by atoms with Crippen molar-refractivity contribution >= 4 is 46.6 Å². The molecular weight excluding hydrogens is 417 g/mol. The maximum atomic E-state index is 12.3. The summed E-state index contributed by atoms with van der Waals surface area (Å²) in [6, 6.07) is 15.3. The number of nitrogens with zero attached hydrogens (tertiary/aromatic N) is 2. The van der Waals surface area contributed by atoms with Crippen LogP contribution in [0.3, 0.4) is 0 Å². The zero-order valence-corrected chi connectivity index (χ0v) is 16.1. The van der Waals surface area contributed by atoms with Crippen molar-refractivity contribution < 1.29 is 14.1 Å². The molecule has 3 rings (SSSR count). The number of amides is 1. The Kier molecular flexibility index (Phi) is 5.98. The fraction of sp³-hybridized carbons (Fsp3) is 0. The molecule has 0 atom stereocenters. The molecule has 0 radical (unpaired) electrons. The minimum atomic E-state index is -0.672. The number of nitriles is 1. The molecule has 3 aromatic rings. The van der Waals surface area contributed by atoms with Gasteiger partial charge in [-0.2, -0.15) is 5.26 Å². The van der Waals surface area contributed by atoms with E-state index in [1.54, 1.807) is 30.3 Å². The topological polar surface area (TPSA) is 109 Å². The van der Waals surface area contributed by atoms with Gasteiger partial charge < -0.3 is 9.73 Å². The quantitative estimate of drug-likeness (QED) is 0.242. The molecule has 0 bridgehead atoms. The van der Waals surface area contributed by atoms with Gasteiger partial charge in [-0.3, -0.25) is 14.9 Å². The van der Waals surface area contributed by atoms with Gasteiger partial charge in [0.25, 0.3) is 11.6 Å². The van der Waals surface area contributed by atoms with E-state index in [9.17, 15) is 20.2 Å². The highest BCUT2D eigenvalue weighted by Gasteiger charge is 2.13. The van der Waals surface area contributed by atoms with Crippen LogP contribution in [-0.4, -0.2) is 10.8 Å². The first-order valence-electron chi connectivity index (χ1n) is 8.10. The molecule has 1 aromatic heterocycles. The molecule has 0 saturated heterocycles. The second-order valence-corrected chi connectivity index (χ2v) is 6.57. The second kappa shape index (κ2) is 8.61. The number of hydrogen-bond donors (Lipinski definition) is 1. The summed E-state index contributed by atoms with van der Waals surface area (Å²) in [5.41, 5.74) is 0.702. The molecule has 1 amide bonds. The summed E-state index contributed by atoms with van der Waals surface area (Å²) in [5.74, 6) is 0.109. The van der Waals surface area contributed by atoms with Crippen LogP contribution in [0, 0.1) is 21.4 Å². The maximum Gasteiger partial charge on any atom is 0.269 e. The summed E-state index contributed by atoms with van der Waals surface area (Å²) in [7, 11) is 0. The highest BCUT2D eigenvalue weighted by molar-refractivity contribution is 6.42. The Morgan fingerprint density at radius 1 is 1.10 bits per heavy atom. The first-order valence-corrected chi connectivity index (χ1v) is 8.86. The van der Waals surface area contributed by atoms with Crippen molar-refractivity contribution in [2.45, 2.75) is 0 Å². The van der Waals surface area contributed by atoms with Gasteiger partial charge in [0, 0.05) is 29.5 Å². The SMILES string of the molecule is N#CC(=Cc1ccc(-c2ccc(Cl)c(Cl)c2)o1)C(=O)Nc1ccc([N+](=O)[O-])cc1. The van der Waals surface area contributed by atoms with E-state index in [1.807, 2.05) is 6.07 Å². The number of benzene rings is 2. The molecule has 0 aliphatic carbocycles. The molecule has 7 nitrogen and oxygen atoms in total. The van der Waals surface area contributed by atoms with Crippen LogP contribution >= 0.6 is 23.2 Å². The molecule has 29 heavy (non-hydrogen) atoms. The zero-order chi connectivity index (χ0) is 21.0. The Labute approximate surface area is 174 Å². The van der Waals surface area contributed by atoms with Crippen LogP contribution in [0.1, 0.15) is 5.76 Å². The first kappa shape index (κ1) is 20.1. The molecule has 144 valence electrons. The number of anilines is 1. The molecule has 1 heterocycles. The van der Waals surface area contributed by atoms with Crippen molar-refractivity contribution in [2.75, 3.05) is 5.32 Å². The predicted molar refractivity (Wildman–Crippen MR) is 109 cm³/mol. The van der Waals surface area contributed by atoms with Crippen LogP contribution in [-0.2, 0) is 4.79 Å².